The molecule has 0 saturated heterocycles. The first-order chi connectivity index (χ1) is 24.9. The molecular formula is C36H37F6N5O6. The van der Waals surface area contributed by atoms with Crippen LogP contribution in [0.25, 0.3) is 27.5 Å². The number of aliphatic carboxylic acids is 2. The van der Waals surface area contributed by atoms with Crippen molar-refractivity contribution >= 4 is 57.0 Å². The predicted molar refractivity (Wildman–Crippen MR) is 177 cm³/mol. The van der Waals surface area contributed by atoms with Crippen molar-refractivity contribution in [3.05, 3.63) is 84.3 Å². The fraction of sp³-hybridized carbons (Fsp3) is 0.333. The summed E-state index contributed by atoms with van der Waals surface area (Å²) in [5.74, 6) is -3.94. The average Bonchev–Trinajstić information content (AvgIpc) is 3.72. The van der Waals surface area contributed by atoms with Crippen molar-refractivity contribution in [3.63, 3.8) is 0 Å². The lowest BCUT2D eigenvalue weighted by Crippen LogP contribution is -2.87. The molecule has 4 aromatic rings. The molecule has 2 heterocycles. The highest BCUT2D eigenvalue weighted by Crippen LogP contribution is 2.20. The maximum Gasteiger partial charge on any atom is 0.430 e. The molecule has 0 fully saturated rings. The van der Waals surface area contributed by atoms with Crippen LogP contribution >= 0.6 is 0 Å². The van der Waals surface area contributed by atoms with E-state index >= 15 is 0 Å². The summed E-state index contributed by atoms with van der Waals surface area (Å²) in [5.41, 5.74) is 4.18. The summed E-state index contributed by atoms with van der Waals surface area (Å²) in [6, 6.07) is 22.6. The van der Waals surface area contributed by atoms with Crippen molar-refractivity contribution in [2.24, 2.45) is 4.99 Å². The molecule has 0 aliphatic carbocycles. The number of nitrogens with one attached hydrogen (secondary N) is 2. The summed E-state index contributed by atoms with van der Waals surface area (Å²) in [6.07, 6.45) is -3.74. The van der Waals surface area contributed by atoms with Gasteiger partial charge in [0.15, 0.2) is 23.3 Å². The van der Waals surface area contributed by atoms with E-state index in [-0.39, 0.29) is 18.5 Å². The predicted octanol–water partition coefficient (Wildman–Crippen LogP) is 2.90. The molecule has 1 aromatic heterocycles. The van der Waals surface area contributed by atoms with Gasteiger partial charge in [-0.15, -0.1) is 0 Å². The fourth-order valence-corrected chi connectivity index (χ4v) is 5.26. The minimum atomic E-state index is -5.19. The first-order valence-electron chi connectivity index (χ1n) is 16.4. The average molecular weight is 750 g/mol. The molecule has 1 atom stereocenters. The second-order valence-corrected chi connectivity index (χ2v) is 11.8. The number of aromatic amines is 1. The number of carbonyl (C=O) groups excluding carboxylic acids is 4. The van der Waals surface area contributed by atoms with E-state index in [9.17, 15) is 35.9 Å². The Balaban J connectivity index is 0.000000458. The number of nitrogens with zero attached hydrogens (tertiary/aromatic N) is 2. The summed E-state index contributed by atoms with van der Waals surface area (Å²) in [6.45, 7) is 4.13. The number of alkyl halides is 6. The number of aliphatic imine (C=N–C) groups is 1. The number of nitrogens with two attached hydrogens (primary N) is 1. The fourth-order valence-electron chi connectivity index (χ4n) is 5.26. The number of aromatic nitrogens is 2. The van der Waals surface area contributed by atoms with Gasteiger partial charge >= 0.3 is 12.4 Å². The Labute approximate surface area is 299 Å². The van der Waals surface area contributed by atoms with E-state index in [4.69, 9.17) is 24.8 Å². The number of aryl methyl sites for hydroxylation is 1. The molecular weight excluding hydrogens is 712 g/mol. The number of halogens is 6. The molecule has 3 aromatic carbocycles. The number of hydrogen-bond acceptors (Lipinski definition) is 7. The summed E-state index contributed by atoms with van der Waals surface area (Å²) in [4.78, 5) is 50.7. The number of Topliss-reactive ketones (excluding diaryl/α,β-unsaturated/α-hetero) is 1. The zero-order valence-electron chi connectivity index (χ0n) is 28.6. The van der Waals surface area contributed by atoms with Crippen LogP contribution in [0.1, 0.15) is 56.8 Å². The molecule has 53 heavy (non-hydrogen) atoms. The molecule has 17 heteroatoms. The van der Waals surface area contributed by atoms with Crippen LogP contribution in [-0.2, 0) is 25.7 Å². The van der Waals surface area contributed by atoms with Crippen molar-refractivity contribution in [2.75, 3.05) is 0 Å². The normalized spacial score (nSPS) is 13.2. The van der Waals surface area contributed by atoms with Gasteiger partial charge in [-0.05, 0) is 47.9 Å². The number of hydrogen-bond donors (Lipinski definition) is 3. The second kappa shape index (κ2) is 18.8. The molecule has 0 saturated carbocycles. The number of para-hydroxylation sites is 2. The van der Waals surface area contributed by atoms with Crippen LogP contribution in [0.5, 0.6) is 0 Å². The Morgan fingerprint density at radius 2 is 1.47 bits per heavy atom. The minimum Gasteiger partial charge on any atom is -0.542 e. The molecule has 1 aliphatic heterocycles. The number of carboxylic acids is 2. The molecule has 0 spiro atoms. The van der Waals surface area contributed by atoms with Gasteiger partial charge in [0, 0.05) is 25.3 Å². The number of fused-ring (bicyclic) bond motifs is 2. The Morgan fingerprint density at radius 1 is 0.868 bits per heavy atom. The third-order valence-electron chi connectivity index (χ3n) is 7.95. The highest BCUT2D eigenvalue weighted by Gasteiger charge is 2.30. The minimum absolute atomic E-state index is 0.0470. The SMILES string of the molecule is CCC(=O)CCCCC[C@H](NC(=O)C[n+]1c(C)[nH]c2ccccc21)C1=NC=C(c2ccc3ccccc3c2)[NH2+]1.O=C([O-])C(F)(F)F.O=C([O-])C(F)(F)F. The number of unbranched alkanes of at least 4 members (excludes halogenated alkanes) is 2. The summed E-state index contributed by atoms with van der Waals surface area (Å²) in [5, 5.41) is 25.3. The number of quaternary nitrogens is 1. The summed E-state index contributed by atoms with van der Waals surface area (Å²) in [7, 11) is 0. The zero-order valence-corrected chi connectivity index (χ0v) is 28.6. The lowest BCUT2D eigenvalue weighted by Gasteiger charge is -2.17. The summed E-state index contributed by atoms with van der Waals surface area (Å²) < 4.78 is 65.1. The van der Waals surface area contributed by atoms with E-state index in [1.807, 2.05) is 61.0 Å². The van der Waals surface area contributed by atoms with Gasteiger partial charge in [0.2, 0.25) is 5.84 Å². The molecule has 284 valence electrons. The van der Waals surface area contributed by atoms with Crippen molar-refractivity contribution in [1.82, 2.24) is 10.3 Å². The van der Waals surface area contributed by atoms with Crippen LogP contribution in [0.15, 0.2) is 77.9 Å². The number of amides is 1. The van der Waals surface area contributed by atoms with Gasteiger partial charge < -0.3 is 25.1 Å². The quantitative estimate of drug-likeness (QED) is 0.114. The third kappa shape index (κ3) is 12.9. The maximum absolute atomic E-state index is 13.3. The van der Waals surface area contributed by atoms with Crippen molar-refractivity contribution < 1.29 is 65.6 Å². The van der Waals surface area contributed by atoms with E-state index in [1.165, 1.54) is 10.8 Å². The Hall–Kier alpha value is -5.58. The number of carbonyl (C=O) groups is 4. The van der Waals surface area contributed by atoms with Crippen LogP contribution in [0.3, 0.4) is 0 Å². The monoisotopic (exact) mass is 749 g/mol. The van der Waals surface area contributed by atoms with Crippen molar-refractivity contribution in [2.45, 2.75) is 77.3 Å². The third-order valence-corrected chi connectivity index (χ3v) is 7.95. The number of carboxylic acid groups (broad SMARTS) is 2. The van der Waals surface area contributed by atoms with Gasteiger partial charge in [0.1, 0.15) is 23.8 Å². The van der Waals surface area contributed by atoms with Crippen LogP contribution in [-0.4, -0.2) is 52.8 Å². The van der Waals surface area contributed by atoms with Gasteiger partial charge in [-0.25, -0.2) is 14.5 Å². The van der Waals surface area contributed by atoms with Crippen LogP contribution in [0, 0.1) is 6.92 Å². The number of imidazole rings is 1. The molecule has 0 radical (unpaired) electrons. The van der Waals surface area contributed by atoms with Crippen LogP contribution < -0.4 is 25.4 Å². The Morgan fingerprint density at radius 3 is 2.09 bits per heavy atom. The van der Waals surface area contributed by atoms with Crippen molar-refractivity contribution in [1.29, 1.82) is 0 Å². The molecule has 11 nitrogen and oxygen atoms in total. The highest BCUT2D eigenvalue weighted by atomic mass is 19.4. The first kappa shape index (κ1) is 41.8. The van der Waals surface area contributed by atoms with E-state index in [2.05, 4.69) is 45.9 Å². The molecule has 5 rings (SSSR count). The number of H-pyrrole nitrogens is 1. The molecule has 0 bridgehead atoms. The number of amidine groups is 1. The van der Waals surface area contributed by atoms with E-state index in [0.717, 1.165) is 59.6 Å². The number of ketones is 1. The Kier molecular flexibility index (Phi) is 14.8. The molecule has 1 amide bonds. The van der Waals surface area contributed by atoms with Crippen molar-refractivity contribution in [3.8, 4) is 0 Å². The standard InChI is InChI=1S/C32H35N5O2.2C2HF3O2/c1-3-26(38)13-5-4-6-15-28(35-31(39)21-37-22(2)34-27-14-9-10-16-30(27)37)32-33-20-29(36-32)25-18-17-23-11-7-8-12-24(23)19-25;2*3-2(4,5)1(6)7/h7-12,14,16-20,28H,3-6,13,15,21H2,1-2H3,(H2,33,35,36,39);2*(H,6,7)/t28-;;/m0../s1. The highest BCUT2D eigenvalue weighted by molar-refractivity contribution is 5.91. The lowest BCUT2D eigenvalue weighted by molar-refractivity contribution is -0.664. The van der Waals surface area contributed by atoms with Crippen LogP contribution in [0.2, 0.25) is 0 Å². The van der Waals surface area contributed by atoms with E-state index in [1.54, 1.807) is 0 Å². The lowest BCUT2D eigenvalue weighted by atomic mass is 10.0. The largest absolute Gasteiger partial charge is 0.542 e. The molecule has 1 aliphatic rings. The second-order valence-electron chi connectivity index (χ2n) is 11.8. The van der Waals surface area contributed by atoms with Gasteiger partial charge in [0.25, 0.3) is 11.7 Å². The van der Waals surface area contributed by atoms with E-state index < -0.39 is 24.3 Å². The first-order valence-corrected chi connectivity index (χ1v) is 16.4. The molecule has 0 unspecified atom stereocenters. The molecule has 4 N–H and O–H groups in total. The van der Waals surface area contributed by atoms with E-state index in [0.29, 0.717) is 18.6 Å². The number of benzene rings is 3. The van der Waals surface area contributed by atoms with Crippen LogP contribution in [0.4, 0.5) is 26.3 Å². The number of rotatable bonds is 12. The zero-order chi connectivity index (χ0) is 39.3. The Bertz CT molecular complexity index is 1960. The smallest absolute Gasteiger partial charge is 0.430 e. The maximum atomic E-state index is 13.3. The topological polar surface area (TPSA) is 175 Å². The summed E-state index contributed by atoms with van der Waals surface area (Å²) >= 11 is 0. The van der Waals surface area contributed by atoms with Gasteiger partial charge in [-0.2, -0.15) is 26.3 Å². The van der Waals surface area contributed by atoms with Gasteiger partial charge in [0.05, 0.1) is 6.20 Å². The van der Waals surface area contributed by atoms with Gasteiger partial charge in [-0.3, -0.25) is 14.9 Å². The van der Waals surface area contributed by atoms with Gasteiger partial charge in [-0.1, -0.05) is 62.2 Å².